The smallest absolute Gasteiger partial charge is 0.228 e. The minimum absolute atomic E-state index is 0.00933. The molecule has 2 aromatic rings. The van der Waals surface area contributed by atoms with Crippen LogP contribution in [0.25, 0.3) is 0 Å². The topological polar surface area (TPSA) is 41.6 Å². The number of nitrogens with one attached hydrogen (secondary N) is 1. The Bertz CT molecular complexity index is 829. The molecule has 1 atom stereocenters. The van der Waals surface area contributed by atoms with E-state index in [2.05, 4.69) is 10.2 Å². The number of piperidine rings is 1. The lowest BCUT2D eigenvalue weighted by atomic mass is 9.96. The number of carbonyl (C=O) groups is 1. The highest BCUT2D eigenvalue weighted by Crippen LogP contribution is 2.28. The van der Waals surface area contributed by atoms with Gasteiger partial charge in [-0.25, -0.2) is 0 Å². The second-order valence-corrected chi connectivity index (χ2v) is 7.88. The van der Waals surface area contributed by atoms with Crippen LogP contribution in [0.15, 0.2) is 36.4 Å². The summed E-state index contributed by atoms with van der Waals surface area (Å²) in [6, 6.07) is 10.9. The van der Waals surface area contributed by atoms with Crippen molar-refractivity contribution in [2.45, 2.75) is 19.4 Å². The SMILES string of the molecule is COc1ccc(NC(=O)C2CCCN(Cc3ccc(Cl)c(Cl)c3)C2)cc1Cl. The third-order valence-corrected chi connectivity index (χ3v) is 5.72. The number of carbonyl (C=O) groups excluding carboxylic acids is 1. The largest absolute Gasteiger partial charge is 0.495 e. The van der Waals surface area contributed by atoms with Crippen molar-refractivity contribution < 1.29 is 9.53 Å². The van der Waals surface area contributed by atoms with Crippen molar-refractivity contribution in [2.75, 3.05) is 25.5 Å². The molecule has 0 aliphatic carbocycles. The number of hydrogen-bond donors (Lipinski definition) is 1. The van der Waals surface area contributed by atoms with E-state index in [4.69, 9.17) is 39.5 Å². The van der Waals surface area contributed by atoms with Gasteiger partial charge in [-0.2, -0.15) is 0 Å². The van der Waals surface area contributed by atoms with E-state index < -0.39 is 0 Å². The van der Waals surface area contributed by atoms with Gasteiger partial charge in [-0.3, -0.25) is 9.69 Å². The third-order valence-electron chi connectivity index (χ3n) is 4.69. The van der Waals surface area contributed by atoms with Gasteiger partial charge in [0.2, 0.25) is 5.91 Å². The molecule has 0 radical (unpaired) electrons. The van der Waals surface area contributed by atoms with Gasteiger partial charge in [-0.1, -0.05) is 40.9 Å². The summed E-state index contributed by atoms with van der Waals surface area (Å²) in [6.45, 7) is 2.41. The second-order valence-electron chi connectivity index (χ2n) is 6.66. The molecule has 1 amide bonds. The average molecular weight is 428 g/mol. The fraction of sp³-hybridized carbons (Fsp3) is 0.350. The number of rotatable bonds is 5. The molecule has 0 aromatic heterocycles. The molecule has 7 heteroatoms. The number of hydrogen-bond acceptors (Lipinski definition) is 3. The van der Waals surface area contributed by atoms with E-state index in [1.807, 2.05) is 12.1 Å². The van der Waals surface area contributed by atoms with Crippen molar-refractivity contribution in [3.05, 3.63) is 57.0 Å². The Morgan fingerprint density at radius 2 is 1.96 bits per heavy atom. The first-order valence-electron chi connectivity index (χ1n) is 8.77. The van der Waals surface area contributed by atoms with Crippen LogP contribution in [0.4, 0.5) is 5.69 Å². The zero-order chi connectivity index (χ0) is 19.4. The lowest BCUT2D eigenvalue weighted by molar-refractivity contribution is -0.121. The van der Waals surface area contributed by atoms with Gasteiger partial charge in [0.05, 0.1) is 28.1 Å². The van der Waals surface area contributed by atoms with Crippen molar-refractivity contribution in [2.24, 2.45) is 5.92 Å². The summed E-state index contributed by atoms with van der Waals surface area (Å²) in [5.41, 5.74) is 1.76. The lowest BCUT2D eigenvalue weighted by Gasteiger charge is -2.32. The van der Waals surface area contributed by atoms with E-state index in [0.717, 1.165) is 31.5 Å². The minimum atomic E-state index is -0.0672. The number of amides is 1. The van der Waals surface area contributed by atoms with Crippen molar-refractivity contribution >= 4 is 46.4 Å². The van der Waals surface area contributed by atoms with E-state index in [1.165, 1.54) is 0 Å². The molecule has 1 fully saturated rings. The molecule has 0 saturated carbocycles. The van der Waals surface area contributed by atoms with Gasteiger partial charge in [-0.05, 0) is 55.3 Å². The highest BCUT2D eigenvalue weighted by atomic mass is 35.5. The molecular formula is C20H21Cl3N2O2. The Morgan fingerprint density at radius 1 is 1.15 bits per heavy atom. The molecule has 1 unspecified atom stereocenters. The van der Waals surface area contributed by atoms with Gasteiger partial charge < -0.3 is 10.1 Å². The molecular weight excluding hydrogens is 407 g/mol. The predicted octanol–water partition coefficient (Wildman–Crippen LogP) is 5.51. The first kappa shape index (κ1) is 20.3. The quantitative estimate of drug-likeness (QED) is 0.684. The Hall–Kier alpha value is -1.46. The summed E-state index contributed by atoms with van der Waals surface area (Å²) in [7, 11) is 1.56. The Morgan fingerprint density at radius 3 is 2.67 bits per heavy atom. The van der Waals surface area contributed by atoms with E-state index >= 15 is 0 Å². The number of halogens is 3. The summed E-state index contributed by atoms with van der Waals surface area (Å²) in [5, 5.41) is 4.54. The van der Waals surface area contributed by atoms with Crippen molar-refractivity contribution in [3.63, 3.8) is 0 Å². The van der Waals surface area contributed by atoms with Gasteiger partial charge in [0, 0.05) is 18.8 Å². The van der Waals surface area contributed by atoms with E-state index in [0.29, 0.717) is 33.0 Å². The van der Waals surface area contributed by atoms with Gasteiger partial charge in [0.1, 0.15) is 5.75 Å². The number of anilines is 1. The molecule has 144 valence electrons. The van der Waals surface area contributed by atoms with E-state index in [9.17, 15) is 4.79 Å². The number of ether oxygens (including phenoxy) is 1. The molecule has 4 nitrogen and oxygen atoms in total. The summed E-state index contributed by atoms with van der Waals surface area (Å²) in [5.74, 6) is 0.526. The van der Waals surface area contributed by atoms with Crippen LogP contribution in [0, 0.1) is 5.92 Å². The van der Waals surface area contributed by atoms with Gasteiger partial charge in [-0.15, -0.1) is 0 Å². The van der Waals surface area contributed by atoms with Crippen molar-refractivity contribution in [1.29, 1.82) is 0 Å². The Labute approximate surface area is 174 Å². The molecule has 2 aromatic carbocycles. The van der Waals surface area contributed by atoms with E-state index in [-0.39, 0.29) is 11.8 Å². The highest BCUT2D eigenvalue weighted by molar-refractivity contribution is 6.42. The van der Waals surface area contributed by atoms with Crippen LogP contribution >= 0.6 is 34.8 Å². The normalized spacial score (nSPS) is 17.6. The second kappa shape index (κ2) is 9.16. The maximum atomic E-state index is 12.7. The van der Waals surface area contributed by atoms with Crippen LogP contribution in [-0.4, -0.2) is 31.0 Å². The van der Waals surface area contributed by atoms with Gasteiger partial charge in [0.15, 0.2) is 0 Å². The van der Waals surface area contributed by atoms with Crippen LogP contribution in [0.2, 0.25) is 15.1 Å². The van der Waals surface area contributed by atoms with E-state index in [1.54, 1.807) is 31.4 Å². The zero-order valence-electron chi connectivity index (χ0n) is 15.0. The van der Waals surface area contributed by atoms with Gasteiger partial charge >= 0.3 is 0 Å². The van der Waals surface area contributed by atoms with Crippen molar-refractivity contribution in [1.82, 2.24) is 4.90 Å². The van der Waals surface area contributed by atoms with Crippen LogP contribution in [0.3, 0.4) is 0 Å². The molecule has 0 bridgehead atoms. The number of likely N-dealkylation sites (tertiary alicyclic amines) is 1. The first-order chi connectivity index (χ1) is 13.0. The summed E-state index contributed by atoms with van der Waals surface area (Å²) >= 11 is 18.2. The highest BCUT2D eigenvalue weighted by Gasteiger charge is 2.26. The molecule has 1 aliphatic rings. The fourth-order valence-electron chi connectivity index (χ4n) is 3.30. The predicted molar refractivity (Wildman–Crippen MR) is 111 cm³/mol. The Balaban J connectivity index is 1.60. The fourth-order valence-corrected chi connectivity index (χ4v) is 3.88. The van der Waals surface area contributed by atoms with Crippen LogP contribution in [0.5, 0.6) is 5.75 Å². The monoisotopic (exact) mass is 426 g/mol. The number of nitrogens with zero attached hydrogens (tertiary/aromatic N) is 1. The molecule has 27 heavy (non-hydrogen) atoms. The number of benzene rings is 2. The molecule has 1 saturated heterocycles. The standard InChI is InChI=1S/C20H21Cl3N2O2/c1-27-19-7-5-15(10-18(19)23)24-20(26)14-3-2-8-25(12-14)11-13-4-6-16(21)17(22)9-13/h4-7,9-10,14H,2-3,8,11-12H2,1H3,(H,24,26). The first-order valence-corrected chi connectivity index (χ1v) is 9.90. The summed E-state index contributed by atoms with van der Waals surface area (Å²) in [6.07, 6.45) is 1.84. The average Bonchev–Trinajstić information content (AvgIpc) is 2.65. The third kappa shape index (κ3) is 5.29. The summed E-state index contributed by atoms with van der Waals surface area (Å²) < 4.78 is 5.14. The minimum Gasteiger partial charge on any atom is -0.495 e. The van der Waals surface area contributed by atoms with Crippen LogP contribution in [-0.2, 0) is 11.3 Å². The summed E-state index contributed by atoms with van der Waals surface area (Å²) in [4.78, 5) is 15.0. The van der Waals surface area contributed by atoms with Crippen LogP contribution < -0.4 is 10.1 Å². The van der Waals surface area contributed by atoms with Crippen molar-refractivity contribution in [3.8, 4) is 5.75 Å². The Kier molecular flexibility index (Phi) is 6.88. The zero-order valence-corrected chi connectivity index (χ0v) is 17.2. The van der Waals surface area contributed by atoms with Crippen LogP contribution in [0.1, 0.15) is 18.4 Å². The lowest BCUT2D eigenvalue weighted by Crippen LogP contribution is -2.40. The molecule has 1 N–H and O–H groups in total. The maximum absolute atomic E-state index is 12.7. The number of methoxy groups -OCH3 is 1. The maximum Gasteiger partial charge on any atom is 0.228 e. The molecule has 3 rings (SSSR count). The molecule has 1 heterocycles. The molecule has 0 spiro atoms. The molecule has 1 aliphatic heterocycles. The van der Waals surface area contributed by atoms with Gasteiger partial charge in [0.25, 0.3) is 0 Å².